The molecular formula is C33H34F2IN4O6P. The lowest BCUT2D eigenvalue weighted by atomic mass is 9.85. The molecule has 1 fully saturated rings. The second-order valence-corrected chi connectivity index (χ2v) is 15.4. The Morgan fingerprint density at radius 3 is 2.26 bits per heavy atom. The smallest absolute Gasteiger partial charge is 0.351 e. The van der Waals surface area contributed by atoms with Crippen LogP contribution < -0.4 is 10.2 Å². The molecule has 1 aliphatic heterocycles. The molecule has 0 saturated carbocycles. The molecule has 4 N–H and O–H groups in total. The number of halogens is 3. The number of nitrogens with one attached hydrogen (secondary N) is 2. The van der Waals surface area contributed by atoms with E-state index >= 15 is 0 Å². The van der Waals surface area contributed by atoms with Gasteiger partial charge < -0.3 is 25.0 Å². The number of para-hydroxylation sites is 1. The number of alkyl halides is 2. The van der Waals surface area contributed by atoms with Gasteiger partial charge in [-0.2, -0.15) is 8.78 Å². The second-order valence-electron chi connectivity index (χ2n) is 12.5. The molecule has 248 valence electrons. The maximum Gasteiger partial charge on any atom is 0.399 e. The van der Waals surface area contributed by atoms with Crippen LogP contribution in [0.1, 0.15) is 49.7 Å². The van der Waals surface area contributed by atoms with E-state index in [1.54, 1.807) is 25.7 Å². The van der Waals surface area contributed by atoms with E-state index < -0.39 is 48.1 Å². The summed E-state index contributed by atoms with van der Waals surface area (Å²) in [6.07, 6.45) is 1.03. The number of hydrogen-bond donors (Lipinski definition) is 4. The first-order valence-corrected chi connectivity index (χ1v) is 17.5. The largest absolute Gasteiger partial charge is 0.399 e. The van der Waals surface area contributed by atoms with Crippen LogP contribution in [0.2, 0.25) is 0 Å². The molecule has 0 bridgehead atoms. The number of carbonyl (C=O) groups excluding carboxylic acids is 3. The maximum atomic E-state index is 14.3. The predicted octanol–water partition coefficient (Wildman–Crippen LogP) is 6.50. The van der Waals surface area contributed by atoms with Gasteiger partial charge in [0.05, 0.1) is 0 Å². The topological polar surface area (TPSA) is 143 Å². The molecule has 0 radical (unpaired) electrons. The second kappa shape index (κ2) is 13.1. The van der Waals surface area contributed by atoms with E-state index in [9.17, 15) is 27.7 Å². The van der Waals surface area contributed by atoms with Crippen molar-refractivity contribution in [2.75, 3.05) is 11.4 Å². The average molecular weight is 779 g/mol. The van der Waals surface area contributed by atoms with Gasteiger partial charge in [0.2, 0.25) is 5.91 Å². The first-order valence-electron chi connectivity index (χ1n) is 14.8. The first kappa shape index (κ1) is 34.7. The third-order valence-electron chi connectivity index (χ3n) is 8.11. The maximum absolute atomic E-state index is 14.3. The Balaban J connectivity index is 1.41. The van der Waals surface area contributed by atoms with Gasteiger partial charge in [0, 0.05) is 38.0 Å². The van der Waals surface area contributed by atoms with Gasteiger partial charge in [0.1, 0.15) is 17.8 Å². The highest BCUT2D eigenvalue weighted by Gasteiger charge is 2.50. The zero-order valence-corrected chi connectivity index (χ0v) is 28.8. The van der Waals surface area contributed by atoms with Crippen molar-refractivity contribution in [3.63, 3.8) is 0 Å². The molecule has 14 heteroatoms. The lowest BCUT2D eigenvalue weighted by Gasteiger charge is -2.36. The Morgan fingerprint density at radius 2 is 1.64 bits per heavy atom. The van der Waals surface area contributed by atoms with E-state index in [-0.39, 0.29) is 22.5 Å². The van der Waals surface area contributed by atoms with Crippen molar-refractivity contribution in [2.24, 2.45) is 5.41 Å². The summed E-state index contributed by atoms with van der Waals surface area (Å²) < 4.78 is 41.0. The number of amides is 3. The van der Waals surface area contributed by atoms with Gasteiger partial charge in [0.15, 0.2) is 0 Å². The minimum Gasteiger partial charge on any atom is -0.351 e. The van der Waals surface area contributed by atoms with E-state index in [0.717, 1.165) is 15.7 Å². The highest BCUT2D eigenvalue weighted by molar-refractivity contribution is 14.1. The van der Waals surface area contributed by atoms with E-state index in [1.807, 2.05) is 54.6 Å². The summed E-state index contributed by atoms with van der Waals surface area (Å²) in [5.41, 5.74) is -4.55. The lowest BCUT2D eigenvalue weighted by molar-refractivity contribution is -0.140. The summed E-state index contributed by atoms with van der Waals surface area (Å²) in [6, 6.07) is 19.1. The van der Waals surface area contributed by atoms with Crippen LogP contribution in [0.4, 0.5) is 20.2 Å². The van der Waals surface area contributed by atoms with Crippen LogP contribution in [0, 0.1) is 8.99 Å². The van der Waals surface area contributed by atoms with Crippen molar-refractivity contribution in [1.29, 1.82) is 0 Å². The Morgan fingerprint density at radius 1 is 1.00 bits per heavy atom. The highest BCUT2D eigenvalue weighted by Crippen LogP contribution is 2.59. The SMILES string of the molecule is CC(C)(C)C(NC(=O)c1cc2cc(C(F)(F)P(=O)(O)O)ccc2[nH]1)C(=O)N1CCC[C@H]1C(=O)N(c1ccccc1)c1ccc(I)cc1. The van der Waals surface area contributed by atoms with Crippen LogP contribution in [0.3, 0.4) is 0 Å². The average Bonchev–Trinajstić information content (AvgIpc) is 3.67. The number of fused-ring (bicyclic) bond motifs is 1. The van der Waals surface area contributed by atoms with Crippen molar-refractivity contribution < 1.29 is 37.5 Å². The van der Waals surface area contributed by atoms with Crippen molar-refractivity contribution >= 4 is 70.2 Å². The van der Waals surface area contributed by atoms with Gasteiger partial charge in [-0.3, -0.25) is 23.8 Å². The van der Waals surface area contributed by atoms with Crippen LogP contribution in [-0.4, -0.2) is 56.0 Å². The molecule has 5 rings (SSSR count). The molecule has 1 aliphatic rings. The van der Waals surface area contributed by atoms with Crippen LogP contribution >= 0.6 is 30.2 Å². The van der Waals surface area contributed by atoms with Crippen molar-refractivity contribution in [3.8, 4) is 0 Å². The number of likely N-dealkylation sites (tertiary alicyclic amines) is 1. The molecule has 0 spiro atoms. The molecule has 0 aliphatic carbocycles. The summed E-state index contributed by atoms with van der Waals surface area (Å²) in [4.78, 5) is 66.1. The lowest BCUT2D eigenvalue weighted by Crippen LogP contribution is -2.57. The van der Waals surface area contributed by atoms with E-state index in [2.05, 4.69) is 32.9 Å². The quantitative estimate of drug-likeness (QED) is 0.119. The van der Waals surface area contributed by atoms with E-state index in [1.165, 1.54) is 17.0 Å². The third kappa shape index (κ3) is 7.13. The first-order chi connectivity index (χ1) is 22.0. The van der Waals surface area contributed by atoms with Gasteiger partial charge in [-0.25, -0.2) is 0 Å². The fourth-order valence-corrected chi connectivity index (χ4v) is 6.48. The van der Waals surface area contributed by atoms with Gasteiger partial charge in [-0.15, -0.1) is 0 Å². The van der Waals surface area contributed by atoms with Crippen molar-refractivity contribution in [3.05, 3.63) is 93.7 Å². The fourth-order valence-electron chi connectivity index (χ4n) is 5.64. The Bertz CT molecular complexity index is 1860. The summed E-state index contributed by atoms with van der Waals surface area (Å²) in [7, 11) is -5.79. The van der Waals surface area contributed by atoms with Gasteiger partial charge in [-0.05, 0) is 95.4 Å². The molecule has 10 nitrogen and oxygen atoms in total. The molecule has 1 unspecified atom stereocenters. The molecule has 3 amide bonds. The standard InChI is InChI=1S/C33H34F2IN4O6P/c1-32(2,3)28(38-29(41)26-19-20-18-21(11-16-25(20)37-26)33(34,35)47(44,45)46)31(43)39-17-7-10-27(39)30(42)40(23-8-5-4-6-9-23)24-14-12-22(36)13-15-24/h4-6,8-9,11-16,18-19,27-28,37H,7,10,17H2,1-3H3,(H,38,41)(H2,44,45,46)/t27-,28?/m0/s1. The Kier molecular flexibility index (Phi) is 9.66. The number of hydrogen-bond acceptors (Lipinski definition) is 4. The number of carbonyl (C=O) groups is 3. The number of rotatable bonds is 8. The Hall–Kier alpha value is -3.65. The molecule has 47 heavy (non-hydrogen) atoms. The Labute approximate surface area is 283 Å². The van der Waals surface area contributed by atoms with Crippen molar-refractivity contribution in [1.82, 2.24) is 15.2 Å². The number of aromatic nitrogens is 1. The van der Waals surface area contributed by atoms with Crippen LogP contribution in [0.15, 0.2) is 78.9 Å². The summed E-state index contributed by atoms with van der Waals surface area (Å²) in [5.74, 6) is -1.40. The molecule has 1 saturated heterocycles. The number of anilines is 2. The minimum absolute atomic E-state index is 0.0401. The number of benzene rings is 3. The van der Waals surface area contributed by atoms with Gasteiger partial charge in [0.25, 0.3) is 11.8 Å². The highest BCUT2D eigenvalue weighted by atomic mass is 127. The molecule has 4 aromatic rings. The van der Waals surface area contributed by atoms with Gasteiger partial charge >= 0.3 is 13.3 Å². The normalized spacial score (nSPS) is 16.3. The van der Waals surface area contributed by atoms with Crippen LogP contribution in [-0.2, 0) is 19.8 Å². The predicted molar refractivity (Wildman–Crippen MR) is 182 cm³/mol. The monoisotopic (exact) mass is 778 g/mol. The van der Waals surface area contributed by atoms with E-state index in [4.69, 9.17) is 9.79 Å². The summed E-state index contributed by atoms with van der Waals surface area (Å²) >= 11 is 2.19. The molecule has 2 heterocycles. The van der Waals surface area contributed by atoms with Gasteiger partial charge in [-0.1, -0.05) is 45.0 Å². The molecule has 1 aromatic heterocycles. The third-order valence-corrected chi connectivity index (χ3v) is 9.82. The summed E-state index contributed by atoms with van der Waals surface area (Å²) in [6.45, 7) is 5.67. The summed E-state index contributed by atoms with van der Waals surface area (Å²) in [5, 5.41) is 2.90. The van der Waals surface area contributed by atoms with Crippen LogP contribution in [0.25, 0.3) is 10.9 Å². The number of H-pyrrole nitrogens is 1. The van der Waals surface area contributed by atoms with Crippen molar-refractivity contribution in [2.45, 2.75) is 51.4 Å². The number of nitrogens with zero attached hydrogens (tertiary/aromatic N) is 2. The molecular weight excluding hydrogens is 744 g/mol. The number of aromatic amines is 1. The fraction of sp³-hybridized carbons (Fsp3) is 0.303. The zero-order valence-electron chi connectivity index (χ0n) is 25.8. The van der Waals surface area contributed by atoms with Crippen LogP contribution in [0.5, 0.6) is 0 Å². The zero-order chi connectivity index (χ0) is 34.3. The molecule has 3 aromatic carbocycles. The van der Waals surface area contributed by atoms with E-state index in [0.29, 0.717) is 30.8 Å². The molecule has 2 atom stereocenters. The minimum atomic E-state index is -5.79.